The second-order valence-electron chi connectivity index (χ2n) is 15.4. The summed E-state index contributed by atoms with van der Waals surface area (Å²) in [6.45, 7) is 2.97. The average Bonchev–Trinajstić information content (AvgIpc) is 3.80. The first-order valence-electron chi connectivity index (χ1n) is 20.3. The molecule has 1 fully saturated rings. The molecule has 3 heterocycles. The molecule has 1 saturated heterocycles. The lowest BCUT2D eigenvalue weighted by Gasteiger charge is -2.49. The average molecular weight is 1000 g/mol. The van der Waals surface area contributed by atoms with Crippen molar-refractivity contribution in [1.82, 2.24) is 15.2 Å². The summed E-state index contributed by atoms with van der Waals surface area (Å²) < 4.78 is 6.55. The fourth-order valence-electron chi connectivity index (χ4n) is 7.61. The van der Waals surface area contributed by atoms with Gasteiger partial charge in [-0.2, -0.15) is 0 Å². The zero-order valence-corrected chi connectivity index (χ0v) is 38.4. The molecule has 0 unspecified atom stereocenters. The highest BCUT2D eigenvalue weighted by Gasteiger charge is 2.54. The molecule has 0 bridgehead atoms. The van der Waals surface area contributed by atoms with E-state index in [0.29, 0.717) is 20.9 Å². The Morgan fingerprint density at radius 1 is 0.828 bits per heavy atom. The third-order valence-electron chi connectivity index (χ3n) is 10.9. The minimum Gasteiger partial charge on any atom is -0.477 e. The number of thioether (sulfide) groups is 1. The molecular formula is C49H42IN5O7S2. The third-order valence-corrected chi connectivity index (χ3v) is 13.9. The predicted octanol–water partition coefficient (Wildman–Crippen LogP) is 8.55. The van der Waals surface area contributed by atoms with E-state index in [2.05, 4.69) is 38.4 Å². The molecule has 2 atom stereocenters. The molecule has 0 radical (unpaired) electrons. The molecule has 8 rings (SSSR count). The summed E-state index contributed by atoms with van der Waals surface area (Å²) in [5.74, 6) is -2.96. The van der Waals surface area contributed by atoms with E-state index >= 15 is 0 Å². The smallest absolute Gasteiger partial charge is 0.353 e. The van der Waals surface area contributed by atoms with Crippen LogP contribution in [0, 0.1) is 0 Å². The van der Waals surface area contributed by atoms with Gasteiger partial charge in [-0.1, -0.05) is 179 Å². The normalized spacial score (nSPS) is 16.4. The number of amides is 2. The molecular weight excluding hydrogens is 962 g/mol. The van der Waals surface area contributed by atoms with E-state index in [1.807, 2.05) is 152 Å². The maximum atomic E-state index is 14.5. The molecule has 2 amide bonds. The number of aromatic nitrogens is 1. The third kappa shape index (κ3) is 8.92. The number of hydrogen-bond donors (Lipinski definition) is 3. The number of nitrogens with zero attached hydrogens (tertiary/aromatic N) is 3. The van der Waals surface area contributed by atoms with Crippen molar-refractivity contribution in [3.63, 3.8) is 0 Å². The minimum atomic E-state index is -1.73. The van der Waals surface area contributed by atoms with E-state index in [4.69, 9.17) is 14.6 Å². The van der Waals surface area contributed by atoms with Crippen LogP contribution in [-0.2, 0) is 34.3 Å². The van der Waals surface area contributed by atoms with Gasteiger partial charge in [-0.25, -0.2) is 14.6 Å². The van der Waals surface area contributed by atoms with Crippen LogP contribution in [0.3, 0.4) is 0 Å². The van der Waals surface area contributed by atoms with E-state index in [9.17, 15) is 24.3 Å². The number of ether oxygens (including phenoxy) is 1. The molecule has 0 spiro atoms. The van der Waals surface area contributed by atoms with Crippen LogP contribution in [0.25, 0.3) is 0 Å². The lowest BCUT2D eigenvalue weighted by atomic mass is 9.77. The summed E-state index contributed by atoms with van der Waals surface area (Å²) in [6.07, 6.45) is -0.770. The van der Waals surface area contributed by atoms with Crippen LogP contribution in [-0.4, -0.2) is 71.7 Å². The number of nitrogens with one attached hydrogen (secondary N) is 2. The molecule has 6 aromatic rings. The van der Waals surface area contributed by atoms with E-state index in [1.165, 1.54) is 41.8 Å². The predicted molar refractivity (Wildman–Crippen MR) is 256 cm³/mol. The Morgan fingerprint density at radius 2 is 1.33 bits per heavy atom. The van der Waals surface area contributed by atoms with Gasteiger partial charge in [0.05, 0.1) is 0 Å². The van der Waals surface area contributed by atoms with E-state index in [1.54, 1.807) is 5.38 Å². The number of carboxylic acid groups (broad SMARTS) is 1. The first-order chi connectivity index (χ1) is 31.0. The number of halogens is 1. The summed E-state index contributed by atoms with van der Waals surface area (Å²) in [5, 5.41) is 22.2. The van der Waals surface area contributed by atoms with Crippen LogP contribution in [0.5, 0.6) is 0 Å². The lowest BCUT2D eigenvalue weighted by Crippen LogP contribution is -2.71. The molecule has 2 aliphatic rings. The topological polar surface area (TPSA) is 160 Å². The lowest BCUT2D eigenvalue weighted by molar-refractivity contribution is -0.172. The fraction of sp³-hybridized carbons (Fsp3) is 0.184. The quantitative estimate of drug-likeness (QED) is 0.0163. The number of oxime groups is 1. The number of anilines is 1. The number of β-lactam (4-membered cyclic amide) rings is 1. The number of carbonyl (C=O) groups is 4. The maximum Gasteiger partial charge on any atom is 0.353 e. The van der Waals surface area contributed by atoms with Crippen molar-refractivity contribution in [3.05, 3.63) is 202 Å². The molecule has 3 N–H and O–H groups in total. The van der Waals surface area contributed by atoms with Gasteiger partial charge in [-0.05, 0) is 47.2 Å². The Hall–Kier alpha value is -6.30. The Bertz CT molecular complexity index is 2570. The van der Waals surface area contributed by atoms with Crippen LogP contribution in [0.1, 0.15) is 53.5 Å². The Balaban J connectivity index is 1.14. The van der Waals surface area contributed by atoms with Crippen molar-refractivity contribution < 1.29 is 33.9 Å². The zero-order chi connectivity index (χ0) is 44.8. The van der Waals surface area contributed by atoms with Gasteiger partial charge in [0.2, 0.25) is 5.60 Å². The number of alkyl halides is 1. The maximum absolute atomic E-state index is 14.5. The number of rotatable bonds is 16. The van der Waals surface area contributed by atoms with Crippen molar-refractivity contribution in [1.29, 1.82) is 0 Å². The SMILES string of the molecule is CC(C)(ON=C(C(=O)N[C@@H]1C(=O)N2C(C(=O)O)=C(CI)CS[C@@H]12)c1csc(NC(c2ccccc2)(c2ccccc2)c2ccccc2)n1)C(=O)OC(c1ccccc1)c1ccccc1. The molecule has 0 aliphatic carbocycles. The number of fused-ring (bicyclic) bond motifs is 1. The molecule has 324 valence electrons. The summed E-state index contributed by atoms with van der Waals surface area (Å²) in [4.78, 5) is 66.5. The first-order valence-corrected chi connectivity index (χ1v) is 23.7. The van der Waals surface area contributed by atoms with Crippen molar-refractivity contribution in [2.75, 3.05) is 15.5 Å². The summed E-state index contributed by atoms with van der Waals surface area (Å²) in [7, 11) is 0. The van der Waals surface area contributed by atoms with Crippen molar-refractivity contribution in [2.24, 2.45) is 5.16 Å². The van der Waals surface area contributed by atoms with Crippen LogP contribution in [0.2, 0.25) is 0 Å². The number of hydrogen-bond acceptors (Lipinski definition) is 11. The number of benzene rings is 5. The number of carboxylic acids is 1. The van der Waals surface area contributed by atoms with Crippen molar-refractivity contribution in [3.8, 4) is 0 Å². The monoisotopic (exact) mass is 1000 g/mol. The van der Waals surface area contributed by atoms with Crippen LogP contribution >= 0.6 is 45.7 Å². The largest absolute Gasteiger partial charge is 0.477 e. The Morgan fingerprint density at radius 3 is 1.81 bits per heavy atom. The van der Waals surface area contributed by atoms with Gasteiger partial charge < -0.3 is 25.3 Å². The second kappa shape index (κ2) is 19.2. The summed E-state index contributed by atoms with van der Waals surface area (Å²) >= 11 is 4.67. The number of thiazole rings is 1. The summed E-state index contributed by atoms with van der Waals surface area (Å²) in [6, 6.07) is 47.4. The summed E-state index contributed by atoms with van der Waals surface area (Å²) in [5.41, 5.74) is 1.96. The number of aliphatic carboxylic acids is 1. The van der Waals surface area contributed by atoms with Gasteiger partial charge in [-0.15, -0.1) is 23.1 Å². The van der Waals surface area contributed by atoms with E-state index in [0.717, 1.165) is 27.8 Å². The van der Waals surface area contributed by atoms with E-state index in [-0.39, 0.29) is 17.1 Å². The molecule has 5 aromatic carbocycles. The van der Waals surface area contributed by atoms with Crippen LogP contribution in [0.15, 0.2) is 173 Å². The molecule has 2 aliphatic heterocycles. The van der Waals surface area contributed by atoms with Gasteiger partial charge in [0.25, 0.3) is 11.8 Å². The van der Waals surface area contributed by atoms with Gasteiger partial charge in [0, 0.05) is 15.6 Å². The molecule has 12 nitrogen and oxygen atoms in total. The number of esters is 1. The van der Waals surface area contributed by atoms with Gasteiger partial charge in [0.15, 0.2) is 16.9 Å². The number of carbonyl (C=O) groups excluding carboxylic acids is 3. The van der Waals surface area contributed by atoms with Crippen molar-refractivity contribution in [2.45, 2.75) is 42.5 Å². The van der Waals surface area contributed by atoms with Crippen LogP contribution in [0.4, 0.5) is 5.13 Å². The highest BCUT2D eigenvalue weighted by atomic mass is 127. The Labute approximate surface area is 391 Å². The highest BCUT2D eigenvalue weighted by molar-refractivity contribution is 14.1. The van der Waals surface area contributed by atoms with Crippen molar-refractivity contribution >= 4 is 80.3 Å². The second-order valence-corrected chi connectivity index (χ2v) is 18.1. The first kappa shape index (κ1) is 44.3. The van der Waals surface area contributed by atoms with Gasteiger partial charge in [-0.3, -0.25) is 14.5 Å². The zero-order valence-electron chi connectivity index (χ0n) is 34.6. The molecule has 15 heteroatoms. The molecule has 64 heavy (non-hydrogen) atoms. The fourth-order valence-corrected chi connectivity index (χ4v) is 10.7. The molecule has 1 aromatic heterocycles. The Kier molecular flexibility index (Phi) is 13.3. The van der Waals surface area contributed by atoms with Gasteiger partial charge >= 0.3 is 11.9 Å². The molecule has 0 saturated carbocycles. The highest BCUT2D eigenvalue weighted by Crippen LogP contribution is 2.42. The van der Waals surface area contributed by atoms with Crippen LogP contribution < -0.4 is 10.6 Å². The minimum absolute atomic E-state index is 0.0654. The standard InChI is InChI=1S/C49H42IN5O7S2/c1-48(2,46(60)61-41(31-18-8-3-9-19-31)32-20-10-4-11-21-32)62-54-38(42(56)52-39-43(57)55-40(45(58)59)33(28-50)29-63-44(39)55)37-30-64-47(51-37)53-49(34-22-12-5-13-23-34,35-24-14-6-15-25-35)36-26-16-7-17-27-36/h3-27,30,39,41,44H,28-29H2,1-2H3,(H,51,53)(H,52,56)(H,58,59)/t39-,44+/m1/s1. The van der Waals surface area contributed by atoms with E-state index < -0.39 is 52.4 Å². The van der Waals surface area contributed by atoms with Gasteiger partial charge in [0.1, 0.15) is 28.3 Å².